The normalized spacial score (nSPS) is 13.6. The van der Waals surface area contributed by atoms with Crippen LogP contribution in [0.1, 0.15) is 264 Å². The zero-order valence-electron chi connectivity index (χ0n) is 44.6. The van der Waals surface area contributed by atoms with Gasteiger partial charge in [0.25, 0.3) is 0 Å². The number of phosphoric acid groups is 1. The second kappa shape index (κ2) is 49.2. The zero-order valence-corrected chi connectivity index (χ0v) is 45.5. The van der Waals surface area contributed by atoms with Crippen molar-refractivity contribution in [3.63, 3.8) is 0 Å². The summed E-state index contributed by atoms with van der Waals surface area (Å²) in [5, 5.41) is 0. The molecule has 2 atom stereocenters. The lowest BCUT2D eigenvalue weighted by molar-refractivity contribution is -0.870. The lowest BCUT2D eigenvalue weighted by atomic mass is 10.0. The maximum Gasteiger partial charge on any atom is 0.472 e. The Morgan fingerprint density at radius 1 is 0.463 bits per heavy atom. The third kappa shape index (κ3) is 53.4. The number of nitrogens with zero attached hydrogens (tertiary/aromatic N) is 1. The SMILES string of the molecule is CCCCCCC/C=C\C/C=C\C/C=C\CCCCCCCCCCCCCCCCCCCCCCCCC(=O)OC(COC(=O)CCCCCCCC)COP(=O)(O)OCC[N+](C)(C)C. The average molecular weight is 967 g/mol. The monoisotopic (exact) mass is 967 g/mol. The highest BCUT2D eigenvalue weighted by molar-refractivity contribution is 7.47. The summed E-state index contributed by atoms with van der Waals surface area (Å²) in [5.41, 5.74) is 0. The minimum absolute atomic E-state index is 0.0342. The predicted molar refractivity (Wildman–Crippen MR) is 284 cm³/mol. The van der Waals surface area contributed by atoms with Crippen LogP contribution in [-0.4, -0.2) is 74.9 Å². The van der Waals surface area contributed by atoms with Crippen LogP contribution in [0, 0.1) is 0 Å². The third-order valence-corrected chi connectivity index (χ3v) is 13.4. The van der Waals surface area contributed by atoms with Crippen LogP contribution >= 0.6 is 7.82 Å². The van der Waals surface area contributed by atoms with E-state index in [-0.39, 0.29) is 32.0 Å². The first-order valence-corrected chi connectivity index (χ1v) is 29.7. The van der Waals surface area contributed by atoms with Crippen molar-refractivity contribution < 1.29 is 42.1 Å². The molecule has 0 fully saturated rings. The summed E-state index contributed by atoms with van der Waals surface area (Å²) in [7, 11) is 1.49. The van der Waals surface area contributed by atoms with Gasteiger partial charge in [0.1, 0.15) is 19.8 Å². The molecule has 0 radical (unpaired) electrons. The number of rotatable bonds is 52. The Labute approximate surface area is 414 Å². The Bertz CT molecular complexity index is 1230. The Morgan fingerprint density at radius 3 is 1.19 bits per heavy atom. The summed E-state index contributed by atoms with van der Waals surface area (Å²) in [4.78, 5) is 35.2. The molecule has 67 heavy (non-hydrogen) atoms. The molecule has 0 aliphatic heterocycles. The first kappa shape index (κ1) is 65.2. The topological polar surface area (TPSA) is 108 Å². The fraction of sp³-hybridized carbons (Fsp3) is 0.860. The molecule has 10 heteroatoms. The minimum Gasteiger partial charge on any atom is -0.462 e. The van der Waals surface area contributed by atoms with Crippen LogP contribution < -0.4 is 0 Å². The minimum atomic E-state index is -4.37. The number of carbonyl (C=O) groups excluding carboxylic acids is 2. The van der Waals surface area contributed by atoms with Gasteiger partial charge >= 0.3 is 19.8 Å². The second-order valence-corrected chi connectivity index (χ2v) is 21.8. The molecule has 0 bridgehead atoms. The number of quaternary nitrogens is 1. The highest BCUT2D eigenvalue weighted by Gasteiger charge is 2.27. The third-order valence-electron chi connectivity index (χ3n) is 12.4. The summed E-state index contributed by atoms with van der Waals surface area (Å²) in [6.45, 7) is 4.37. The van der Waals surface area contributed by atoms with Crippen LogP contribution in [-0.2, 0) is 32.7 Å². The molecule has 0 aromatic heterocycles. The second-order valence-electron chi connectivity index (χ2n) is 20.3. The van der Waals surface area contributed by atoms with Gasteiger partial charge in [0.15, 0.2) is 6.10 Å². The van der Waals surface area contributed by atoms with E-state index in [0.717, 1.165) is 51.4 Å². The maximum atomic E-state index is 12.7. The molecule has 0 rings (SSSR count). The largest absolute Gasteiger partial charge is 0.472 e. The highest BCUT2D eigenvalue weighted by Crippen LogP contribution is 2.43. The average Bonchev–Trinajstić information content (AvgIpc) is 3.29. The van der Waals surface area contributed by atoms with Gasteiger partial charge in [-0.3, -0.25) is 18.6 Å². The van der Waals surface area contributed by atoms with Crippen LogP contribution in [0.4, 0.5) is 0 Å². The molecule has 0 saturated carbocycles. The van der Waals surface area contributed by atoms with Crippen LogP contribution in [0.5, 0.6) is 0 Å². The van der Waals surface area contributed by atoms with E-state index < -0.39 is 26.5 Å². The fourth-order valence-corrected chi connectivity index (χ4v) is 8.77. The Morgan fingerprint density at radius 2 is 0.806 bits per heavy atom. The molecule has 0 aromatic carbocycles. The van der Waals surface area contributed by atoms with Crippen molar-refractivity contribution in [2.45, 2.75) is 270 Å². The Balaban J connectivity index is 3.79. The Kier molecular flexibility index (Phi) is 47.9. The highest BCUT2D eigenvalue weighted by atomic mass is 31.2. The van der Waals surface area contributed by atoms with Crippen molar-refractivity contribution in [3.05, 3.63) is 36.5 Å². The molecule has 9 nitrogen and oxygen atoms in total. The lowest BCUT2D eigenvalue weighted by Gasteiger charge is -2.24. The van der Waals surface area contributed by atoms with Gasteiger partial charge in [-0.25, -0.2) is 4.57 Å². The van der Waals surface area contributed by atoms with Crippen LogP contribution in [0.25, 0.3) is 0 Å². The Hall–Kier alpha value is -1.77. The van der Waals surface area contributed by atoms with Crippen molar-refractivity contribution in [2.75, 3.05) is 47.5 Å². The fourth-order valence-electron chi connectivity index (χ4n) is 8.02. The van der Waals surface area contributed by atoms with Gasteiger partial charge in [0.2, 0.25) is 0 Å². The molecule has 2 unspecified atom stereocenters. The quantitative estimate of drug-likeness (QED) is 0.0211. The number of ether oxygens (including phenoxy) is 2. The van der Waals surface area contributed by atoms with Gasteiger partial charge in [0.05, 0.1) is 27.7 Å². The van der Waals surface area contributed by atoms with Crippen molar-refractivity contribution in [1.82, 2.24) is 0 Å². The number of hydrogen-bond acceptors (Lipinski definition) is 7. The number of likely N-dealkylation sites (N-methyl/N-ethyl adjacent to an activating group) is 1. The molecular formula is C57H109NO8P+. The summed E-state index contributed by atoms with van der Waals surface area (Å²) < 4.78 is 34.2. The molecular weight excluding hydrogens is 858 g/mol. The van der Waals surface area contributed by atoms with Crippen LogP contribution in [0.2, 0.25) is 0 Å². The number of unbranched alkanes of at least 4 members (excludes halogenated alkanes) is 32. The molecule has 0 aliphatic carbocycles. The van der Waals surface area contributed by atoms with E-state index in [2.05, 4.69) is 50.3 Å². The van der Waals surface area contributed by atoms with Crippen molar-refractivity contribution in [3.8, 4) is 0 Å². The summed E-state index contributed by atoms with van der Waals surface area (Å²) in [6.07, 6.45) is 59.9. The molecule has 0 saturated heterocycles. The number of esters is 2. The summed E-state index contributed by atoms with van der Waals surface area (Å²) >= 11 is 0. The zero-order chi connectivity index (χ0) is 49.2. The number of allylic oxidation sites excluding steroid dienone is 6. The van der Waals surface area contributed by atoms with Gasteiger partial charge < -0.3 is 18.9 Å². The van der Waals surface area contributed by atoms with Crippen molar-refractivity contribution in [2.24, 2.45) is 0 Å². The summed E-state index contributed by atoms with van der Waals surface area (Å²) in [5.74, 6) is -0.797. The van der Waals surface area contributed by atoms with Crippen LogP contribution in [0.15, 0.2) is 36.5 Å². The van der Waals surface area contributed by atoms with E-state index in [1.807, 2.05) is 21.1 Å². The van der Waals surface area contributed by atoms with Crippen LogP contribution in [0.3, 0.4) is 0 Å². The molecule has 1 N–H and O–H groups in total. The molecule has 0 aromatic rings. The number of carbonyl (C=O) groups is 2. The van der Waals surface area contributed by atoms with Crippen molar-refractivity contribution in [1.29, 1.82) is 0 Å². The maximum absolute atomic E-state index is 12.7. The number of hydrogen-bond donors (Lipinski definition) is 1. The predicted octanol–water partition coefficient (Wildman–Crippen LogP) is 17.2. The van der Waals surface area contributed by atoms with Gasteiger partial charge in [0, 0.05) is 12.8 Å². The van der Waals surface area contributed by atoms with E-state index >= 15 is 0 Å². The van der Waals surface area contributed by atoms with E-state index in [9.17, 15) is 19.0 Å². The van der Waals surface area contributed by atoms with Gasteiger partial charge in [-0.1, -0.05) is 237 Å². The first-order valence-electron chi connectivity index (χ1n) is 28.2. The molecule has 394 valence electrons. The van der Waals surface area contributed by atoms with Gasteiger partial charge in [-0.2, -0.15) is 0 Å². The molecule has 0 aliphatic rings. The molecule has 0 spiro atoms. The summed E-state index contributed by atoms with van der Waals surface area (Å²) in [6, 6.07) is 0. The van der Waals surface area contributed by atoms with Gasteiger partial charge in [-0.05, 0) is 51.4 Å². The van der Waals surface area contributed by atoms with E-state index in [0.29, 0.717) is 17.4 Å². The van der Waals surface area contributed by atoms with E-state index in [1.165, 1.54) is 180 Å². The molecule has 0 amide bonds. The standard InChI is InChI=1S/C57H108NO8P/c1-6-8-10-12-14-15-16-17-18-19-20-21-22-23-24-25-26-27-28-29-30-31-32-33-34-35-36-37-38-39-40-41-42-43-44-46-48-50-57(60)66-55(53-63-56(59)49-47-45-13-11-9-7-2)54-65-67(61,62)64-52-51-58(3,4)5/h16-17,19-20,22-23,55H,6-15,18,21,24-54H2,1-5H3/p+1/b17-16-,20-19-,23-22-. The van der Waals surface area contributed by atoms with E-state index in [1.54, 1.807) is 0 Å². The smallest absolute Gasteiger partial charge is 0.462 e. The van der Waals surface area contributed by atoms with E-state index in [4.69, 9.17) is 18.5 Å². The van der Waals surface area contributed by atoms with Gasteiger partial charge in [-0.15, -0.1) is 0 Å². The molecule has 0 heterocycles. The lowest BCUT2D eigenvalue weighted by Crippen LogP contribution is -2.37. The number of phosphoric ester groups is 1. The first-order chi connectivity index (χ1) is 32.5. The van der Waals surface area contributed by atoms with Crippen molar-refractivity contribution >= 4 is 19.8 Å².